The molecule has 1 aromatic heterocycles. The molecule has 0 unspecified atom stereocenters. The summed E-state index contributed by atoms with van der Waals surface area (Å²) in [7, 11) is 0. The predicted molar refractivity (Wildman–Crippen MR) is 78.8 cm³/mol. The molecule has 118 valence electrons. The van der Waals surface area contributed by atoms with Crippen LogP contribution in [0.25, 0.3) is 0 Å². The smallest absolute Gasteiger partial charge is 0.326 e. The zero-order valence-corrected chi connectivity index (χ0v) is 12.4. The minimum atomic E-state index is -0.944. The first-order chi connectivity index (χ1) is 10.6. The Balaban J connectivity index is 1.66. The van der Waals surface area contributed by atoms with Gasteiger partial charge in [0.2, 0.25) is 5.88 Å². The fraction of sp³-hybridized carbons (Fsp3) is 0.562. The van der Waals surface area contributed by atoms with Gasteiger partial charge in [-0.15, -0.1) is 0 Å². The van der Waals surface area contributed by atoms with Gasteiger partial charge in [-0.3, -0.25) is 4.79 Å². The maximum atomic E-state index is 12.4. The number of likely N-dealkylation sites (tertiary alicyclic amines) is 1. The number of hydrogen-bond donors (Lipinski definition) is 1. The molecule has 1 amide bonds. The SMILES string of the molecule is O=C(O)[C@H]1CCCN1C(=O)c1ccc(OC2CCCC2)nc1. The van der Waals surface area contributed by atoms with Gasteiger partial charge in [0.15, 0.2) is 0 Å². The quantitative estimate of drug-likeness (QED) is 0.921. The number of carbonyl (C=O) groups is 2. The number of ether oxygens (including phenoxy) is 1. The first-order valence-corrected chi connectivity index (χ1v) is 7.81. The molecule has 1 atom stereocenters. The number of nitrogens with zero attached hydrogens (tertiary/aromatic N) is 2. The molecule has 6 heteroatoms. The molecular weight excluding hydrogens is 284 g/mol. The molecule has 0 spiro atoms. The summed E-state index contributed by atoms with van der Waals surface area (Å²) >= 11 is 0. The summed E-state index contributed by atoms with van der Waals surface area (Å²) in [6, 6.07) is 2.63. The van der Waals surface area contributed by atoms with E-state index in [1.54, 1.807) is 12.1 Å². The average Bonchev–Trinajstić information content (AvgIpc) is 3.18. The molecule has 1 saturated heterocycles. The Hall–Kier alpha value is -2.11. The Morgan fingerprint density at radius 3 is 2.59 bits per heavy atom. The average molecular weight is 304 g/mol. The van der Waals surface area contributed by atoms with Crippen LogP contribution in [-0.4, -0.2) is 45.6 Å². The van der Waals surface area contributed by atoms with Crippen LogP contribution in [0.15, 0.2) is 18.3 Å². The Bertz CT molecular complexity index is 552. The molecule has 3 rings (SSSR count). The van der Waals surface area contributed by atoms with E-state index >= 15 is 0 Å². The van der Waals surface area contributed by atoms with Gasteiger partial charge in [0.05, 0.1) is 5.56 Å². The van der Waals surface area contributed by atoms with Gasteiger partial charge in [0, 0.05) is 18.8 Å². The highest BCUT2D eigenvalue weighted by molar-refractivity contribution is 5.96. The molecule has 6 nitrogen and oxygen atoms in total. The predicted octanol–water partition coefficient (Wildman–Crippen LogP) is 2.09. The van der Waals surface area contributed by atoms with Crippen molar-refractivity contribution in [2.24, 2.45) is 0 Å². The molecule has 22 heavy (non-hydrogen) atoms. The van der Waals surface area contributed by atoms with Crippen LogP contribution >= 0.6 is 0 Å². The summed E-state index contributed by atoms with van der Waals surface area (Å²) < 4.78 is 5.76. The van der Waals surface area contributed by atoms with Gasteiger partial charge in [0.25, 0.3) is 5.91 Å². The fourth-order valence-corrected chi connectivity index (χ4v) is 3.19. The van der Waals surface area contributed by atoms with Crippen LogP contribution in [0.5, 0.6) is 5.88 Å². The van der Waals surface area contributed by atoms with E-state index in [1.807, 2.05) is 0 Å². The Labute approximate surface area is 129 Å². The lowest BCUT2D eigenvalue weighted by Crippen LogP contribution is -2.40. The lowest BCUT2D eigenvalue weighted by Gasteiger charge is -2.21. The highest BCUT2D eigenvalue weighted by atomic mass is 16.5. The first-order valence-electron chi connectivity index (χ1n) is 7.81. The summed E-state index contributed by atoms with van der Waals surface area (Å²) in [6.07, 6.45) is 7.41. The second-order valence-electron chi connectivity index (χ2n) is 5.90. The molecule has 0 radical (unpaired) electrons. The van der Waals surface area contributed by atoms with Crippen molar-refractivity contribution in [3.05, 3.63) is 23.9 Å². The molecule has 0 aromatic carbocycles. The summed E-state index contributed by atoms with van der Waals surface area (Å²) in [6.45, 7) is 0.482. The van der Waals surface area contributed by atoms with Gasteiger partial charge in [0.1, 0.15) is 12.1 Å². The van der Waals surface area contributed by atoms with Crippen molar-refractivity contribution < 1.29 is 19.4 Å². The Morgan fingerprint density at radius 2 is 1.95 bits per heavy atom. The zero-order valence-electron chi connectivity index (χ0n) is 12.4. The number of carboxylic acid groups (broad SMARTS) is 1. The van der Waals surface area contributed by atoms with Gasteiger partial charge in [-0.2, -0.15) is 0 Å². The fourth-order valence-electron chi connectivity index (χ4n) is 3.19. The minimum Gasteiger partial charge on any atom is -0.480 e. The van der Waals surface area contributed by atoms with Crippen LogP contribution in [0.1, 0.15) is 48.9 Å². The summed E-state index contributed by atoms with van der Waals surface area (Å²) in [5.74, 6) is -0.690. The van der Waals surface area contributed by atoms with Gasteiger partial charge >= 0.3 is 5.97 Å². The number of amides is 1. The van der Waals surface area contributed by atoms with Crippen LogP contribution in [0.3, 0.4) is 0 Å². The van der Waals surface area contributed by atoms with E-state index in [0.717, 1.165) is 19.3 Å². The minimum absolute atomic E-state index is 0.226. The van der Waals surface area contributed by atoms with E-state index in [0.29, 0.717) is 24.4 Å². The second-order valence-corrected chi connectivity index (χ2v) is 5.90. The van der Waals surface area contributed by atoms with Crippen molar-refractivity contribution in [2.75, 3.05) is 6.54 Å². The number of hydrogen-bond acceptors (Lipinski definition) is 4. The molecule has 2 heterocycles. The number of rotatable bonds is 4. The lowest BCUT2D eigenvalue weighted by atomic mass is 10.2. The van der Waals surface area contributed by atoms with Crippen molar-refractivity contribution in [3.8, 4) is 5.88 Å². The van der Waals surface area contributed by atoms with E-state index in [2.05, 4.69) is 4.98 Å². The topological polar surface area (TPSA) is 79.7 Å². The van der Waals surface area contributed by atoms with Crippen LogP contribution in [-0.2, 0) is 4.79 Å². The van der Waals surface area contributed by atoms with Crippen LogP contribution in [0.4, 0.5) is 0 Å². The molecule has 1 aromatic rings. The third-order valence-electron chi connectivity index (χ3n) is 4.37. The Kier molecular flexibility index (Phi) is 4.27. The van der Waals surface area contributed by atoms with Gasteiger partial charge in [-0.25, -0.2) is 9.78 Å². The van der Waals surface area contributed by atoms with Crippen molar-refractivity contribution >= 4 is 11.9 Å². The highest BCUT2D eigenvalue weighted by Gasteiger charge is 2.34. The normalized spacial score (nSPS) is 22.0. The van der Waals surface area contributed by atoms with E-state index < -0.39 is 12.0 Å². The largest absolute Gasteiger partial charge is 0.480 e. The van der Waals surface area contributed by atoms with Gasteiger partial charge in [-0.05, 0) is 44.6 Å². The van der Waals surface area contributed by atoms with E-state index in [9.17, 15) is 9.59 Å². The molecule has 0 bridgehead atoms. The maximum absolute atomic E-state index is 12.4. The van der Waals surface area contributed by atoms with Gasteiger partial charge < -0.3 is 14.7 Å². The molecule has 2 fully saturated rings. The summed E-state index contributed by atoms with van der Waals surface area (Å²) in [4.78, 5) is 29.2. The van der Waals surface area contributed by atoms with Crippen LogP contribution < -0.4 is 4.74 Å². The Morgan fingerprint density at radius 1 is 1.18 bits per heavy atom. The van der Waals surface area contributed by atoms with E-state index in [4.69, 9.17) is 9.84 Å². The third-order valence-corrected chi connectivity index (χ3v) is 4.37. The number of carbonyl (C=O) groups excluding carboxylic acids is 1. The third kappa shape index (κ3) is 3.05. The first kappa shape index (κ1) is 14.8. The maximum Gasteiger partial charge on any atom is 0.326 e. The van der Waals surface area contributed by atoms with E-state index in [-0.39, 0.29) is 12.0 Å². The number of aromatic nitrogens is 1. The molecule has 1 saturated carbocycles. The van der Waals surface area contributed by atoms with Gasteiger partial charge in [-0.1, -0.05) is 0 Å². The number of aliphatic carboxylic acids is 1. The van der Waals surface area contributed by atoms with Crippen LogP contribution in [0.2, 0.25) is 0 Å². The lowest BCUT2D eigenvalue weighted by molar-refractivity contribution is -0.141. The second kappa shape index (κ2) is 6.34. The van der Waals surface area contributed by atoms with Crippen molar-refractivity contribution in [3.63, 3.8) is 0 Å². The molecule has 1 aliphatic carbocycles. The van der Waals surface area contributed by atoms with Crippen molar-refractivity contribution in [2.45, 2.75) is 50.7 Å². The van der Waals surface area contributed by atoms with Crippen molar-refractivity contribution in [1.29, 1.82) is 0 Å². The number of carboxylic acids is 1. The van der Waals surface area contributed by atoms with Crippen molar-refractivity contribution in [1.82, 2.24) is 9.88 Å². The number of pyridine rings is 1. The molecular formula is C16H20N2O4. The monoisotopic (exact) mass is 304 g/mol. The standard InChI is InChI=1S/C16H20N2O4/c19-15(18-9-3-6-13(18)16(20)21)11-7-8-14(17-10-11)22-12-4-1-2-5-12/h7-8,10,12-13H,1-6,9H2,(H,20,21)/t13-/m1/s1. The molecule has 1 aliphatic heterocycles. The molecule has 2 aliphatic rings. The zero-order chi connectivity index (χ0) is 15.5. The summed E-state index contributed by atoms with van der Waals surface area (Å²) in [5, 5.41) is 9.15. The van der Waals surface area contributed by atoms with E-state index in [1.165, 1.54) is 23.9 Å². The molecule has 1 N–H and O–H groups in total. The van der Waals surface area contributed by atoms with Crippen LogP contribution in [0, 0.1) is 0 Å². The summed E-state index contributed by atoms with van der Waals surface area (Å²) in [5.41, 5.74) is 0.409. The highest BCUT2D eigenvalue weighted by Crippen LogP contribution is 2.24.